The lowest BCUT2D eigenvalue weighted by atomic mass is 9.83. The van der Waals surface area contributed by atoms with Crippen LogP contribution in [0.1, 0.15) is 49.5 Å². The maximum absolute atomic E-state index is 12.9. The number of ether oxygens (including phenoxy) is 1. The summed E-state index contributed by atoms with van der Waals surface area (Å²) >= 11 is 4.32. The number of hydrogen-bond acceptors (Lipinski definition) is 4. The minimum atomic E-state index is -0.522. The minimum absolute atomic E-state index is 0.156. The Bertz CT molecular complexity index is 683. The maximum Gasteiger partial charge on any atom is 0.340 e. The smallest absolute Gasteiger partial charge is 0.340 e. The van der Waals surface area contributed by atoms with E-state index in [0.717, 1.165) is 38.6 Å². The molecule has 0 saturated carbocycles. The number of anilines is 1. The van der Waals surface area contributed by atoms with E-state index in [-0.39, 0.29) is 11.9 Å². The van der Waals surface area contributed by atoms with E-state index in [1.165, 1.54) is 6.92 Å². The van der Waals surface area contributed by atoms with Gasteiger partial charge in [0, 0.05) is 20.0 Å². The van der Waals surface area contributed by atoms with Gasteiger partial charge in [-0.2, -0.15) is 0 Å². The van der Waals surface area contributed by atoms with Crippen molar-refractivity contribution in [1.82, 2.24) is 5.32 Å². The van der Waals surface area contributed by atoms with E-state index in [1.807, 2.05) is 26.8 Å². The number of carbonyl (C=O) groups excluding carboxylic acids is 2. The molecule has 25 heavy (non-hydrogen) atoms. The molecule has 1 amide bonds. The second-order valence-corrected chi connectivity index (χ2v) is 9.24. The fourth-order valence-corrected chi connectivity index (χ4v) is 5.59. The van der Waals surface area contributed by atoms with Gasteiger partial charge in [0.2, 0.25) is 5.91 Å². The quantitative estimate of drug-likeness (QED) is 0.423. The normalized spacial score (nSPS) is 15.8. The van der Waals surface area contributed by atoms with Crippen LogP contribution in [0.25, 0.3) is 0 Å². The number of halogens is 2. The number of rotatable bonds is 4. The molecule has 1 fully saturated rings. The Balaban J connectivity index is 2.30. The monoisotopic (exact) mass is 570 g/mol. The summed E-state index contributed by atoms with van der Waals surface area (Å²) < 4.78 is 7.68. The number of hydrogen-bond donors (Lipinski definition) is 2. The van der Waals surface area contributed by atoms with E-state index in [4.69, 9.17) is 4.74 Å². The predicted octanol–water partition coefficient (Wildman–Crippen LogP) is 4.10. The number of piperidine rings is 1. The fourth-order valence-electron chi connectivity index (χ4n) is 3.21. The molecular weight excluding hydrogens is 546 g/mol. The van der Waals surface area contributed by atoms with Gasteiger partial charge in [-0.05, 0) is 104 Å². The second kappa shape index (κ2) is 8.51. The zero-order chi connectivity index (χ0) is 18.8. The Kier molecular flexibility index (Phi) is 7.11. The first kappa shape index (κ1) is 20.9. The van der Waals surface area contributed by atoms with E-state index in [2.05, 4.69) is 55.8 Å². The molecule has 1 aromatic carbocycles. The number of nitrogens with one attached hydrogen (secondary N) is 2. The summed E-state index contributed by atoms with van der Waals surface area (Å²) in [4.78, 5) is 24.4. The Morgan fingerprint density at radius 2 is 1.84 bits per heavy atom. The Labute approximate surface area is 176 Å². The molecule has 1 heterocycles. The zero-order valence-electron chi connectivity index (χ0n) is 15.0. The molecule has 0 spiro atoms. The highest BCUT2D eigenvalue weighted by molar-refractivity contribution is 14.1. The van der Waals surface area contributed by atoms with Gasteiger partial charge in [0.25, 0.3) is 0 Å². The van der Waals surface area contributed by atoms with Gasteiger partial charge in [0.15, 0.2) is 0 Å². The van der Waals surface area contributed by atoms with Crippen molar-refractivity contribution in [2.45, 2.75) is 46.1 Å². The van der Waals surface area contributed by atoms with Crippen molar-refractivity contribution in [1.29, 1.82) is 0 Å². The highest BCUT2D eigenvalue weighted by Crippen LogP contribution is 2.34. The summed E-state index contributed by atoms with van der Waals surface area (Å²) in [5.74, 6) is -0.139. The van der Waals surface area contributed by atoms with Crippen molar-refractivity contribution in [3.8, 4) is 0 Å². The fraction of sp³-hybridized carbons (Fsp3) is 0.556. The molecule has 0 atom stereocenters. The van der Waals surface area contributed by atoms with E-state index in [0.29, 0.717) is 17.2 Å². The lowest BCUT2D eigenvalue weighted by Crippen LogP contribution is -2.43. The average Bonchev–Trinajstić information content (AvgIpc) is 2.51. The third-order valence-electron chi connectivity index (χ3n) is 4.66. The van der Waals surface area contributed by atoms with Gasteiger partial charge in [0.1, 0.15) is 5.60 Å². The van der Waals surface area contributed by atoms with E-state index >= 15 is 0 Å². The van der Waals surface area contributed by atoms with Crippen LogP contribution in [0.3, 0.4) is 0 Å². The molecule has 0 unspecified atom stereocenters. The molecule has 1 saturated heterocycles. The van der Waals surface area contributed by atoms with Gasteiger partial charge in [-0.15, -0.1) is 0 Å². The van der Waals surface area contributed by atoms with Crippen molar-refractivity contribution < 1.29 is 14.3 Å². The van der Waals surface area contributed by atoms with E-state index < -0.39 is 5.60 Å². The average molecular weight is 570 g/mol. The standard InChI is InChI=1S/C18H24I2N2O3/c1-10-15(13(19)9-14(20)16(10)22-11(2)23)17(24)25-18(3,4)12-5-7-21-8-6-12/h9,12,21H,5-8H2,1-4H3,(H,22,23). The predicted molar refractivity (Wildman–Crippen MR) is 116 cm³/mol. The highest BCUT2D eigenvalue weighted by atomic mass is 127. The molecule has 2 rings (SSSR count). The highest BCUT2D eigenvalue weighted by Gasteiger charge is 2.35. The van der Waals surface area contributed by atoms with Crippen molar-refractivity contribution in [3.63, 3.8) is 0 Å². The van der Waals surface area contributed by atoms with Crippen LogP contribution < -0.4 is 10.6 Å². The van der Waals surface area contributed by atoms with Crippen LogP contribution in [0.5, 0.6) is 0 Å². The summed E-state index contributed by atoms with van der Waals surface area (Å²) in [6.07, 6.45) is 2.00. The van der Waals surface area contributed by atoms with Gasteiger partial charge in [-0.3, -0.25) is 4.79 Å². The Hall–Kier alpha value is -0.420. The molecule has 0 aromatic heterocycles. The summed E-state index contributed by atoms with van der Waals surface area (Å²) in [6, 6.07) is 1.90. The van der Waals surface area contributed by atoms with Gasteiger partial charge in [-0.1, -0.05) is 0 Å². The van der Waals surface area contributed by atoms with Gasteiger partial charge < -0.3 is 15.4 Å². The summed E-state index contributed by atoms with van der Waals surface area (Å²) in [5, 5.41) is 6.16. The zero-order valence-corrected chi connectivity index (χ0v) is 19.3. The largest absolute Gasteiger partial charge is 0.456 e. The summed E-state index contributed by atoms with van der Waals surface area (Å²) in [6.45, 7) is 9.21. The topological polar surface area (TPSA) is 67.4 Å². The molecule has 0 bridgehead atoms. The van der Waals surface area contributed by atoms with Gasteiger partial charge >= 0.3 is 5.97 Å². The van der Waals surface area contributed by atoms with Gasteiger partial charge in [0.05, 0.1) is 11.3 Å². The molecule has 138 valence electrons. The van der Waals surface area contributed by atoms with Crippen LogP contribution >= 0.6 is 45.2 Å². The minimum Gasteiger partial charge on any atom is -0.456 e. The molecule has 0 aliphatic carbocycles. The van der Waals surface area contributed by atoms with Crippen LogP contribution in [0.2, 0.25) is 0 Å². The first-order chi connectivity index (χ1) is 11.6. The maximum atomic E-state index is 12.9. The van der Waals surface area contributed by atoms with Gasteiger partial charge in [-0.25, -0.2) is 4.79 Å². The van der Waals surface area contributed by atoms with E-state index in [1.54, 1.807) is 0 Å². The summed E-state index contributed by atoms with van der Waals surface area (Å²) in [7, 11) is 0. The third kappa shape index (κ3) is 5.06. The number of esters is 1. The first-order valence-corrected chi connectivity index (χ1v) is 10.5. The molecule has 1 aromatic rings. The second-order valence-electron chi connectivity index (χ2n) is 6.91. The molecule has 7 heteroatoms. The number of amides is 1. The van der Waals surface area contributed by atoms with Crippen molar-refractivity contribution in [3.05, 3.63) is 24.3 Å². The SMILES string of the molecule is CC(=O)Nc1c(I)cc(I)c(C(=O)OC(C)(C)C2CCNCC2)c1C. The van der Waals surface area contributed by atoms with Crippen LogP contribution in [0, 0.1) is 20.0 Å². The van der Waals surface area contributed by atoms with Crippen LogP contribution in [0.4, 0.5) is 5.69 Å². The molecule has 1 aliphatic rings. The lowest BCUT2D eigenvalue weighted by molar-refractivity contribution is -0.114. The number of carbonyl (C=O) groups is 2. The molecular formula is C18H24I2N2O3. The molecule has 2 N–H and O–H groups in total. The molecule has 1 aliphatic heterocycles. The molecule has 0 radical (unpaired) electrons. The van der Waals surface area contributed by atoms with Crippen LogP contribution in [-0.2, 0) is 9.53 Å². The number of benzene rings is 1. The summed E-state index contributed by atoms with van der Waals surface area (Å²) in [5.41, 5.74) is 1.44. The Morgan fingerprint density at radius 1 is 1.24 bits per heavy atom. The van der Waals surface area contributed by atoms with Crippen LogP contribution in [0.15, 0.2) is 6.07 Å². The van der Waals surface area contributed by atoms with Crippen molar-refractivity contribution in [2.75, 3.05) is 18.4 Å². The molecule has 5 nitrogen and oxygen atoms in total. The lowest BCUT2D eigenvalue weighted by Gasteiger charge is -2.37. The van der Waals surface area contributed by atoms with Crippen molar-refractivity contribution >= 4 is 62.7 Å². The van der Waals surface area contributed by atoms with Crippen LogP contribution in [-0.4, -0.2) is 30.6 Å². The third-order valence-corrected chi connectivity index (χ3v) is 6.37. The Morgan fingerprint density at radius 3 is 2.40 bits per heavy atom. The van der Waals surface area contributed by atoms with E-state index in [9.17, 15) is 9.59 Å². The first-order valence-electron chi connectivity index (χ1n) is 8.33. The van der Waals surface area contributed by atoms with Crippen molar-refractivity contribution in [2.24, 2.45) is 5.92 Å².